The minimum absolute atomic E-state index is 0.0961. The van der Waals surface area contributed by atoms with Gasteiger partial charge in [-0.1, -0.05) is 0 Å². The van der Waals surface area contributed by atoms with Crippen LogP contribution in [0.15, 0.2) is 6.20 Å². The zero-order valence-electron chi connectivity index (χ0n) is 15.8. The van der Waals surface area contributed by atoms with Crippen LogP contribution in [0.5, 0.6) is 0 Å². The van der Waals surface area contributed by atoms with Crippen LogP contribution in [0.25, 0.3) is 0 Å². The SMILES string of the molecule is Cc1c(C(=O)N2CCN(S(=O)(=O)N3C[C@@H](C)O[C@H](C)C3)CC2)cnn1C. The molecule has 0 aliphatic carbocycles. The maximum Gasteiger partial charge on any atom is 0.282 e. The van der Waals surface area contributed by atoms with E-state index in [9.17, 15) is 13.2 Å². The lowest BCUT2D eigenvalue weighted by Gasteiger charge is -2.40. The first-order chi connectivity index (χ1) is 12.2. The Kier molecular flexibility index (Phi) is 5.38. The number of piperazine rings is 1. The van der Waals surface area contributed by atoms with Gasteiger partial charge in [0, 0.05) is 52.0 Å². The normalized spacial score (nSPS) is 26.2. The molecule has 1 aromatic rings. The molecule has 10 heteroatoms. The van der Waals surface area contributed by atoms with Gasteiger partial charge in [-0.2, -0.15) is 22.1 Å². The molecule has 0 radical (unpaired) electrons. The molecule has 0 aromatic carbocycles. The highest BCUT2D eigenvalue weighted by Gasteiger charge is 2.37. The highest BCUT2D eigenvalue weighted by molar-refractivity contribution is 7.86. The number of hydrogen-bond acceptors (Lipinski definition) is 5. The predicted octanol–water partition coefficient (Wildman–Crippen LogP) is -0.160. The van der Waals surface area contributed by atoms with E-state index < -0.39 is 10.2 Å². The summed E-state index contributed by atoms with van der Waals surface area (Å²) in [6.45, 7) is 7.68. The van der Waals surface area contributed by atoms with Crippen molar-refractivity contribution < 1.29 is 17.9 Å². The fraction of sp³-hybridized carbons (Fsp3) is 0.750. The van der Waals surface area contributed by atoms with Crippen LogP contribution in [0.4, 0.5) is 0 Å². The first-order valence-electron chi connectivity index (χ1n) is 8.88. The van der Waals surface area contributed by atoms with Gasteiger partial charge in [0.25, 0.3) is 16.1 Å². The molecule has 2 aliphatic rings. The Morgan fingerprint density at radius 2 is 1.69 bits per heavy atom. The minimum atomic E-state index is -3.54. The van der Waals surface area contributed by atoms with Gasteiger partial charge in [0.15, 0.2) is 0 Å². The Balaban J connectivity index is 1.64. The molecule has 2 saturated heterocycles. The molecule has 1 amide bonds. The Morgan fingerprint density at radius 3 is 2.19 bits per heavy atom. The molecule has 0 unspecified atom stereocenters. The highest BCUT2D eigenvalue weighted by Crippen LogP contribution is 2.20. The van der Waals surface area contributed by atoms with Crippen LogP contribution in [0.2, 0.25) is 0 Å². The predicted molar refractivity (Wildman–Crippen MR) is 95.9 cm³/mol. The molecule has 1 aromatic heterocycles. The summed E-state index contributed by atoms with van der Waals surface area (Å²) in [5, 5.41) is 4.11. The molecule has 2 aliphatic heterocycles. The number of carbonyl (C=O) groups excluding carboxylic acids is 1. The third kappa shape index (κ3) is 3.64. The average molecular weight is 385 g/mol. The van der Waals surface area contributed by atoms with E-state index in [1.165, 1.54) is 8.61 Å². The smallest absolute Gasteiger partial charge is 0.282 e. The van der Waals surface area contributed by atoms with Crippen LogP contribution in [-0.4, -0.2) is 89.1 Å². The molecule has 3 heterocycles. The standard InChI is InChI=1S/C16H27N5O4S/c1-12-10-21(11-13(2)25-12)26(23,24)20-7-5-19(6-8-20)16(22)15-9-17-18(4)14(15)3/h9,12-13H,5-8,10-11H2,1-4H3/t12-,13-/m1/s1. The Labute approximate surface area is 154 Å². The summed E-state index contributed by atoms with van der Waals surface area (Å²) in [5.41, 5.74) is 1.38. The fourth-order valence-corrected chi connectivity index (χ4v) is 5.23. The van der Waals surface area contributed by atoms with E-state index in [0.717, 1.165) is 5.69 Å². The van der Waals surface area contributed by atoms with E-state index >= 15 is 0 Å². The summed E-state index contributed by atoms with van der Waals surface area (Å²) < 4.78 is 36.1. The van der Waals surface area contributed by atoms with Gasteiger partial charge in [0.05, 0.1) is 24.0 Å². The van der Waals surface area contributed by atoms with Crippen molar-refractivity contribution in [2.75, 3.05) is 39.3 Å². The van der Waals surface area contributed by atoms with E-state index in [0.29, 0.717) is 44.8 Å². The Morgan fingerprint density at radius 1 is 1.12 bits per heavy atom. The first-order valence-corrected chi connectivity index (χ1v) is 10.3. The molecule has 2 atom stereocenters. The molecule has 0 N–H and O–H groups in total. The van der Waals surface area contributed by atoms with Crippen molar-refractivity contribution in [2.45, 2.75) is 33.0 Å². The molecular weight excluding hydrogens is 358 g/mol. The molecule has 3 rings (SSSR count). The van der Waals surface area contributed by atoms with Gasteiger partial charge in [-0.15, -0.1) is 0 Å². The van der Waals surface area contributed by atoms with Crippen LogP contribution in [0.1, 0.15) is 29.9 Å². The molecule has 9 nitrogen and oxygen atoms in total. The second-order valence-electron chi connectivity index (χ2n) is 7.04. The van der Waals surface area contributed by atoms with Crippen molar-refractivity contribution >= 4 is 16.1 Å². The Bertz CT molecular complexity index is 760. The number of carbonyl (C=O) groups is 1. The van der Waals surface area contributed by atoms with E-state index in [-0.39, 0.29) is 18.1 Å². The van der Waals surface area contributed by atoms with Gasteiger partial charge in [-0.25, -0.2) is 0 Å². The van der Waals surface area contributed by atoms with Gasteiger partial charge in [0.2, 0.25) is 0 Å². The zero-order chi connectivity index (χ0) is 19.1. The van der Waals surface area contributed by atoms with Gasteiger partial charge in [0.1, 0.15) is 0 Å². The molecule has 0 spiro atoms. The summed E-state index contributed by atoms with van der Waals surface area (Å²) in [7, 11) is -1.74. The van der Waals surface area contributed by atoms with Crippen LogP contribution < -0.4 is 0 Å². The van der Waals surface area contributed by atoms with Gasteiger partial charge < -0.3 is 9.64 Å². The summed E-state index contributed by atoms with van der Waals surface area (Å²) in [4.78, 5) is 14.4. The average Bonchev–Trinajstić information content (AvgIpc) is 2.93. The van der Waals surface area contributed by atoms with E-state index in [1.54, 1.807) is 22.8 Å². The summed E-state index contributed by atoms with van der Waals surface area (Å²) >= 11 is 0. The lowest BCUT2D eigenvalue weighted by Crippen LogP contribution is -2.57. The molecule has 146 valence electrons. The van der Waals surface area contributed by atoms with Crippen LogP contribution >= 0.6 is 0 Å². The van der Waals surface area contributed by atoms with E-state index in [2.05, 4.69) is 5.10 Å². The molecule has 0 saturated carbocycles. The largest absolute Gasteiger partial charge is 0.373 e. The zero-order valence-corrected chi connectivity index (χ0v) is 16.6. The fourth-order valence-electron chi connectivity index (χ4n) is 3.48. The van der Waals surface area contributed by atoms with Crippen molar-refractivity contribution in [2.24, 2.45) is 7.05 Å². The molecular formula is C16H27N5O4S. The highest BCUT2D eigenvalue weighted by atomic mass is 32.2. The number of amides is 1. The number of aromatic nitrogens is 2. The number of rotatable bonds is 3. The van der Waals surface area contributed by atoms with Gasteiger partial charge in [-0.05, 0) is 20.8 Å². The van der Waals surface area contributed by atoms with Crippen molar-refractivity contribution in [3.05, 3.63) is 17.5 Å². The third-order valence-corrected chi connectivity index (χ3v) is 7.00. The van der Waals surface area contributed by atoms with Crippen molar-refractivity contribution in [1.29, 1.82) is 0 Å². The molecule has 26 heavy (non-hydrogen) atoms. The monoisotopic (exact) mass is 385 g/mol. The van der Waals surface area contributed by atoms with Crippen molar-refractivity contribution in [1.82, 2.24) is 23.3 Å². The quantitative estimate of drug-likeness (QED) is 0.722. The van der Waals surface area contributed by atoms with Crippen LogP contribution in [-0.2, 0) is 22.0 Å². The van der Waals surface area contributed by atoms with Crippen molar-refractivity contribution in [3.63, 3.8) is 0 Å². The number of ether oxygens (including phenoxy) is 1. The number of hydrogen-bond donors (Lipinski definition) is 0. The Hall–Kier alpha value is -1.49. The lowest BCUT2D eigenvalue weighted by molar-refractivity contribution is -0.0457. The maximum absolute atomic E-state index is 12.9. The topological polar surface area (TPSA) is 88.0 Å². The van der Waals surface area contributed by atoms with E-state index in [1.807, 2.05) is 20.8 Å². The molecule has 2 fully saturated rings. The summed E-state index contributed by atoms with van der Waals surface area (Å²) in [6, 6.07) is 0. The minimum Gasteiger partial charge on any atom is -0.373 e. The number of nitrogens with zero attached hydrogens (tertiary/aromatic N) is 5. The van der Waals surface area contributed by atoms with Crippen LogP contribution in [0.3, 0.4) is 0 Å². The van der Waals surface area contributed by atoms with Crippen LogP contribution in [0, 0.1) is 6.92 Å². The second kappa shape index (κ2) is 7.26. The van der Waals surface area contributed by atoms with Crippen molar-refractivity contribution in [3.8, 4) is 0 Å². The molecule has 0 bridgehead atoms. The third-order valence-electron chi connectivity index (χ3n) is 5.03. The summed E-state index contributed by atoms with van der Waals surface area (Å²) in [6.07, 6.45) is 1.33. The number of aryl methyl sites for hydroxylation is 1. The lowest BCUT2D eigenvalue weighted by atomic mass is 10.2. The number of morpholine rings is 1. The maximum atomic E-state index is 12.9. The van der Waals surface area contributed by atoms with E-state index in [4.69, 9.17) is 4.74 Å². The summed E-state index contributed by atoms with van der Waals surface area (Å²) in [5.74, 6) is -0.0961. The second-order valence-corrected chi connectivity index (χ2v) is 8.97. The van der Waals surface area contributed by atoms with Gasteiger partial charge >= 0.3 is 0 Å². The first kappa shape index (κ1) is 19.3. The van der Waals surface area contributed by atoms with Gasteiger partial charge in [-0.3, -0.25) is 9.48 Å².